The first-order valence-corrected chi connectivity index (χ1v) is 10.9. The molecule has 3 aliphatic rings. The van der Waals surface area contributed by atoms with Crippen molar-refractivity contribution in [1.82, 2.24) is 20.2 Å². The second kappa shape index (κ2) is 9.18. The number of amides is 1. The predicted molar refractivity (Wildman–Crippen MR) is 108 cm³/mol. The lowest BCUT2D eigenvalue weighted by Gasteiger charge is -2.48. The molecule has 28 heavy (non-hydrogen) atoms. The summed E-state index contributed by atoms with van der Waals surface area (Å²) in [5, 5.41) is 3.35. The molecule has 3 fully saturated rings. The topological polar surface area (TPSA) is 70.6 Å². The molecule has 0 atom stereocenters. The smallest absolute Gasteiger partial charge is 0.223 e. The van der Waals surface area contributed by atoms with Crippen molar-refractivity contribution in [2.45, 2.75) is 50.5 Å². The number of nitrogens with one attached hydrogen (secondary N) is 1. The van der Waals surface area contributed by atoms with Crippen LogP contribution in [-0.2, 0) is 9.53 Å². The molecule has 3 heterocycles. The molecule has 2 saturated heterocycles. The Morgan fingerprint density at radius 3 is 2.54 bits per heavy atom. The molecule has 0 aromatic carbocycles. The Balaban J connectivity index is 1.30. The maximum absolute atomic E-state index is 12.9. The van der Waals surface area contributed by atoms with Crippen LogP contribution in [0.4, 0.5) is 5.82 Å². The van der Waals surface area contributed by atoms with Gasteiger partial charge in [-0.1, -0.05) is 19.3 Å². The van der Waals surface area contributed by atoms with Crippen LogP contribution in [0.1, 0.15) is 44.9 Å². The van der Waals surface area contributed by atoms with Crippen molar-refractivity contribution in [3.8, 4) is 0 Å². The van der Waals surface area contributed by atoms with Gasteiger partial charge in [0.1, 0.15) is 5.82 Å². The third-order valence-electron chi connectivity index (χ3n) is 6.80. The van der Waals surface area contributed by atoms with Crippen LogP contribution in [0.3, 0.4) is 0 Å². The van der Waals surface area contributed by atoms with Gasteiger partial charge in [-0.15, -0.1) is 0 Å². The molecule has 1 aromatic heterocycles. The van der Waals surface area contributed by atoms with Crippen molar-refractivity contribution in [2.75, 3.05) is 50.8 Å². The molecule has 1 N–H and O–H groups in total. The highest BCUT2D eigenvalue weighted by Gasteiger charge is 2.39. The van der Waals surface area contributed by atoms with Gasteiger partial charge in [0.15, 0.2) is 0 Å². The zero-order valence-electron chi connectivity index (χ0n) is 16.8. The van der Waals surface area contributed by atoms with E-state index in [1.54, 1.807) is 18.6 Å². The van der Waals surface area contributed by atoms with E-state index in [0.29, 0.717) is 0 Å². The number of nitrogens with zero attached hydrogens (tertiary/aromatic N) is 4. The van der Waals surface area contributed by atoms with Crippen LogP contribution in [0, 0.1) is 5.92 Å². The van der Waals surface area contributed by atoms with Gasteiger partial charge in [0, 0.05) is 56.6 Å². The van der Waals surface area contributed by atoms with Gasteiger partial charge in [0.05, 0.1) is 19.4 Å². The fraction of sp³-hybridized carbons (Fsp3) is 0.762. The summed E-state index contributed by atoms with van der Waals surface area (Å²) in [7, 11) is 0. The maximum atomic E-state index is 12.9. The summed E-state index contributed by atoms with van der Waals surface area (Å²) in [5.74, 6) is 1.25. The lowest BCUT2D eigenvalue weighted by atomic mass is 9.79. The van der Waals surface area contributed by atoms with E-state index in [1.165, 1.54) is 32.1 Å². The Kier molecular flexibility index (Phi) is 6.42. The molecule has 1 aromatic rings. The Morgan fingerprint density at radius 2 is 1.86 bits per heavy atom. The zero-order valence-corrected chi connectivity index (χ0v) is 16.8. The summed E-state index contributed by atoms with van der Waals surface area (Å²) in [6.45, 7) is 6.14. The number of hydrogen-bond donors (Lipinski definition) is 1. The number of morpholine rings is 1. The van der Waals surface area contributed by atoms with Crippen molar-refractivity contribution in [3.63, 3.8) is 0 Å². The molecule has 4 rings (SSSR count). The third-order valence-corrected chi connectivity index (χ3v) is 6.80. The Bertz CT molecular complexity index is 621. The molecular weight excluding hydrogens is 354 g/mol. The van der Waals surface area contributed by atoms with Gasteiger partial charge in [0.2, 0.25) is 5.91 Å². The van der Waals surface area contributed by atoms with Gasteiger partial charge in [0.25, 0.3) is 0 Å². The van der Waals surface area contributed by atoms with Crippen molar-refractivity contribution in [1.29, 1.82) is 0 Å². The summed E-state index contributed by atoms with van der Waals surface area (Å²) in [6, 6.07) is 0. The molecule has 1 saturated carbocycles. The monoisotopic (exact) mass is 387 g/mol. The number of hydrogen-bond acceptors (Lipinski definition) is 6. The number of ether oxygens (including phenoxy) is 1. The van der Waals surface area contributed by atoms with Gasteiger partial charge in [-0.25, -0.2) is 4.98 Å². The number of carbonyl (C=O) groups is 1. The first-order chi connectivity index (χ1) is 13.8. The molecule has 0 bridgehead atoms. The second-order valence-corrected chi connectivity index (χ2v) is 8.43. The number of carbonyl (C=O) groups excluding carboxylic acids is 1. The van der Waals surface area contributed by atoms with Crippen molar-refractivity contribution < 1.29 is 9.53 Å². The molecule has 0 radical (unpaired) electrons. The number of aromatic nitrogens is 2. The maximum Gasteiger partial charge on any atom is 0.223 e. The SMILES string of the molecule is O=C(NCC1(N2CCOCC2)CCCCC1)C1CCN(c2cnccn2)CC1. The fourth-order valence-corrected chi connectivity index (χ4v) is 5.07. The van der Waals surface area contributed by atoms with Crippen molar-refractivity contribution >= 4 is 11.7 Å². The Labute approximate surface area is 167 Å². The largest absolute Gasteiger partial charge is 0.379 e. The summed E-state index contributed by atoms with van der Waals surface area (Å²) in [6.07, 6.45) is 13.2. The normalized spacial score (nSPS) is 24.1. The average Bonchev–Trinajstić information content (AvgIpc) is 2.79. The highest BCUT2D eigenvalue weighted by atomic mass is 16.5. The van der Waals surface area contributed by atoms with E-state index in [2.05, 4.69) is 25.1 Å². The molecule has 1 amide bonds. The van der Waals surface area contributed by atoms with Gasteiger partial charge in [-0.05, 0) is 25.7 Å². The number of piperidine rings is 1. The Morgan fingerprint density at radius 1 is 1.11 bits per heavy atom. The van der Waals surface area contributed by atoms with Gasteiger partial charge < -0.3 is 15.0 Å². The number of rotatable bonds is 5. The van der Waals surface area contributed by atoms with E-state index in [0.717, 1.165) is 64.6 Å². The predicted octanol–water partition coefficient (Wildman–Crippen LogP) is 1.84. The first kappa shape index (κ1) is 19.6. The average molecular weight is 388 g/mol. The van der Waals surface area contributed by atoms with E-state index in [4.69, 9.17) is 4.74 Å². The molecule has 0 spiro atoms. The molecule has 7 heteroatoms. The zero-order chi connectivity index (χ0) is 19.2. The van der Waals surface area contributed by atoms with Crippen LogP contribution in [0.5, 0.6) is 0 Å². The molecule has 2 aliphatic heterocycles. The first-order valence-electron chi connectivity index (χ1n) is 10.9. The van der Waals surface area contributed by atoms with E-state index < -0.39 is 0 Å². The van der Waals surface area contributed by atoms with Crippen molar-refractivity contribution in [2.24, 2.45) is 5.92 Å². The standard InChI is InChI=1S/C21H33N5O2/c27-20(18-4-10-25(11-5-18)19-16-22-8-9-23-19)24-17-21(6-2-1-3-7-21)26-12-14-28-15-13-26/h8-9,16,18H,1-7,10-15,17H2,(H,24,27). The second-order valence-electron chi connectivity index (χ2n) is 8.43. The molecule has 0 unspecified atom stereocenters. The summed E-state index contributed by atoms with van der Waals surface area (Å²) in [4.78, 5) is 26.3. The van der Waals surface area contributed by atoms with Crippen LogP contribution < -0.4 is 10.2 Å². The fourth-order valence-electron chi connectivity index (χ4n) is 5.07. The van der Waals surface area contributed by atoms with Crippen LogP contribution in [0.2, 0.25) is 0 Å². The molecule has 7 nitrogen and oxygen atoms in total. The minimum Gasteiger partial charge on any atom is -0.379 e. The van der Waals surface area contributed by atoms with Gasteiger partial charge in [-0.3, -0.25) is 14.7 Å². The van der Waals surface area contributed by atoms with Gasteiger partial charge in [-0.2, -0.15) is 0 Å². The van der Waals surface area contributed by atoms with Crippen LogP contribution in [0.25, 0.3) is 0 Å². The van der Waals surface area contributed by atoms with Gasteiger partial charge >= 0.3 is 0 Å². The summed E-state index contributed by atoms with van der Waals surface area (Å²) >= 11 is 0. The molecule has 154 valence electrons. The van der Waals surface area contributed by atoms with Crippen molar-refractivity contribution in [3.05, 3.63) is 18.6 Å². The van der Waals surface area contributed by atoms with Crippen LogP contribution in [-0.4, -0.2) is 72.3 Å². The molecular formula is C21H33N5O2. The summed E-state index contributed by atoms with van der Waals surface area (Å²) < 4.78 is 5.56. The van der Waals surface area contributed by atoms with E-state index in [9.17, 15) is 4.79 Å². The highest BCUT2D eigenvalue weighted by molar-refractivity contribution is 5.79. The lowest BCUT2D eigenvalue weighted by Crippen LogP contribution is -2.60. The minimum absolute atomic E-state index is 0.109. The minimum atomic E-state index is 0.109. The lowest BCUT2D eigenvalue weighted by molar-refractivity contribution is -0.126. The summed E-state index contributed by atoms with van der Waals surface area (Å²) in [5.41, 5.74) is 0.137. The molecule has 1 aliphatic carbocycles. The third kappa shape index (κ3) is 4.46. The highest BCUT2D eigenvalue weighted by Crippen LogP contribution is 2.34. The van der Waals surface area contributed by atoms with E-state index >= 15 is 0 Å². The number of anilines is 1. The van der Waals surface area contributed by atoms with Crippen LogP contribution >= 0.6 is 0 Å². The Hall–Kier alpha value is -1.73. The van der Waals surface area contributed by atoms with E-state index in [-0.39, 0.29) is 17.4 Å². The van der Waals surface area contributed by atoms with E-state index in [1.807, 2.05) is 0 Å². The quantitative estimate of drug-likeness (QED) is 0.831. The van der Waals surface area contributed by atoms with Crippen LogP contribution in [0.15, 0.2) is 18.6 Å².